The van der Waals surface area contributed by atoms with Crippen LogP contribution in [-0.2, 0) is 13.1 Å². The van der Waals surface area contributed by atoms with Crippen molar-refractivity contribution >= 4 is 27.5 Å². The number of hydrogen-bond acceptors (Lipinski definition) is 3. The van der Waals surface area contributed by atoms with E-state index in [0.717, 1.165) is 15.9 Å². The second-order valence-electron chi connectivity index (χ2n) is 5.30. The summed E-state index contributed by atoms with van der Waals surface area (Å²) < 4.78 is 17.8. The second-order valence-corrected chi connectivity index (χ2v) is 6.31. The molecule has 3 aromatic rings. The molecule has 0 aliphatic rings. The van der Waals surface area contributed by atoms with Crippen molar-refractivity contribution in [3.8, 4) is 0 Å². The van der Waals surface area contributed by atoms with E-state index < -0.39 is 5.91 Å². The molecule has 5 nitrogen and oxygen atoms in total. The van der Waals surface area contributed by atoms with Gasteiger partial charge < -0.3 is 4.57 Å². The summed E-state index contributed by atoms with van der Waals surface area (Å²) in [7, 11) is 0. The van der Waals surface area contributed by atoms with Gasteiger partial charge in [-0.2, -0.15) is 10.1 Å². The number of aryl methyl sites for hydroxylation is 2. The molecule has 0 unspecified atom stereocenters. The van der Waals surface area contributed by atoms with Crippen molar-refractivity contribution < 1.29 is 9.18 Å². The summed E-state index contributed by atoms with van der Waals surface area (Å²) in [4.78, 5) is 17.2. The molecular formula is C17H17FN4OS. The van der Waals surface area contributed by atoms with E-state index in [1.54, 1.807) is 22.9 Å². The van der Waals surface area contributed by atoms with Gasteiger partial charge in [0, 0.05) is 18.8 Å². The normalized spacial score (nSPS) is 12.0. The number of rotatable bonds is 4. The largest absolute Gasteiger partial charge is 0.312 e. The molecule has 0 saturated heterocycles. The van der Waals surface area contributed by atoms with Gasteiger partial charge in [-0.15, -0.1) is 6.58 Å². The van der Waals surface area contributed by atoms with E-state index in [1.807, 2.05) is 18.4 Å². The Morgan fingerprint density at radius 2 is 2.25 bits per heavy atom. The number of hydrogen-bond donors (Lipinski definition) is 0. The monoisotopic (exact) mass is 344 g/mol. The van der Waals surface area contributed by atoms with E-state index >= 15 is 0 Å². The third-order valence-corrected chi connectivity index (χ3v) is 4.69. The highest BCUT2D eigenvalue weighted by Crippen LogP contribution is 2.19. The lowest BCUT2D eigenvalue weighted by molar-refractivity contribution is 0.0992. The van der Waals surface area contributed by atoms with Crippen LogP contribution in [0.2, 0.25) is 0 Å². The average molecular weight is 344 g/mol. The number of carbonyl (C=O) groups is 1. The topological polar surface area (TPSA) is 52.2 Å². The molecule has 0 atom stereocenters. The van der Waals surface area contributed by atoms with Crippen LogP contribution in [-0.4, -0.2) is 20.3 Å². The fourth-order valence-corrected chi connectivity index (χ4v) is 3.58. The van der Waals surface area contributed by atoms with E-state index in [4.69, 9.17) is 0 Å². The summed E-state index contributed by atoms with van der Waals surface area (Å²) in [5.41, 5.74) is 2.04. The van der Waals surface area contributed by atoms with Crippen LogP contribution in [0.1, 0.15) is 23.1 Å². The van der Waals surface area contributed by atoms with Gasteiger partial charge in [0.2, 0.25) is 0 Å². The molecule has 0 aliphatic heterocycles. The van der Waals surface area contributed by atoms with Crippen LogP contribution in [0.5, 0.6) is 0 Å². The number of thiazole rings is 1. The van der Waals surface area contributed by atoms with Gasteiger partial charge >= 0.3 is 0 Å². The van der Waals surface area contributed by atoms with Crippen molar-refractivity contribution in [2.45, 2.75) is 26.9 Å². The smallest absolute Gasteiger partial charge is 0.300 e. The molecule has 1 amide bonds. The number of nitrogens with zero attached hydrogens (tertiary/aromatic N) is 4. The quantitative estimate of drug-likeness (QED) is 0.682. The minimum absolute atomic E-state index is 0.308. The maximum absolute atomic E-state index is 13.4. The van der Waals surface area contributed by atoms with Gasteiger partial charge in [-0.05, 0) is 38.1 Å². The molecule has 124 valence electrons. The van der Waals surface area contributed by atoms with E-state index in [2.05, 4.69) is 16.7 Å². The number of halogens is 1. The van der Waals surface area contributed by atoms with Crippen LogP contribution in [0, 0.1) is 12.7 Å². The average Bonchev–Trinajstić information content (AvgIpc) is 3.08. The zero-order chi connectivity index (χ0) is 17.3. The molecule has 2 aromatic heterocycles. The Bertz CT molecular complexity index is 996. The van der Waals surface area contributed by atoms with E-state index in [1.165, 1.54) is 23.5 Å². The summed E-state index contributed by atoms with van der Waals surface area (Å²) in [5, 5.41) is 4.26. The van der Waals surface area contributed by atoms with Crippen LogP contribution in [0.15, 0.2) is 41.9 Å². The first-order valence-electron chi connectivity index (χ1n) is 7.56. The van der Waals surface area contributed by atoms with Crippen LogP contribution >= 0.6 is 11.3 Å². The fraction of sp³-hybridized carbons (Fsp3) is 0.235. The molecule has 0 bridgehead atoms. The highest BCUT2D eigenvalue weighted by molar-refractivity contribution is 7.16. The van der Waals surface area contributed by atoms with Gasteiger partial charge in [0.25, 0.3) is 5.91 Å². The number of carbonyl (C=O) groups excluding carboxylic acids is 1. The lowest BCUT2D eigenvalue weighted by atomic mass is 10.3. The van der Waals surface area contributed by atoms with Crippen molar-refractivity contribution in [2.75, 3.05) is 0 Å². The Hall–Kier alpha value is -2.54. The van der Waals surface area contributed by atoms with Crippen molar-refractivity contribution in [1.29, 1.82) is 0 Å². The first-order valence-corrected chi connectivity index (χ1v) is 8.38. The van der Waals surface area contributed by atoms with Gasteiger partial charge in [0.1, 0.15) is 5.82 Å². The van der Waals surface area contributed by atoms with Crippen LogP contribution in [0.25, 0.3) is 10.2 Å². The molecule has 0 spiro atoms. The highest BCUT2D eigenvalue weighted by Gasteiger charge is 2.13. The fourth-order valence-electron chi connectivity index (χ4n) is 2.52. The molecule has 24 heavy (non-hydrogen) atoms. The predicted molar refractivity (Wildman–Crippen MR) is 92.5 cm³/mol. The standard InChI is InChI=1S/C17H17FN4OS/c1-4-8-21-14-7-6-12(18)10-15(14)24-17(21)19-16(23)13-9-11(3)22(5-2)20-13/h4,6-7,9-10H,1,5,8H2,2-3H3. The molecular weight excluding hydrogens is 327 g/mol. The zero-order valence-corrected chi connectivity index (χ0v) is 14.3. The first kappa shape index (κ1) is 16.3. The van der Waals surface area contributed by atoms with Crippen molar-refractivity contribution in [2.24, 2.45) is 4.99 Å². The van der Waals surface area contributed by atoms with Crippen LogP contribution in [0.4, 0.5) is 4.39 Å². The molecule has 3 rings (SSSR count). The molecule has 0 aliphatic carbocycles. The Labute approximate surface area is 142 Å². The SMILES string of the molecule is C=CCn1c(=NC(=O)c2cc(C)n(CC)n2)sc2cc(F)ccc21. The highest BCUT2D eigenvalue weighted by atomic mass is 32.1. The van der Waals surface area contributed by atoms with Gasteiger partial charge in [-0.25, -0.2) is 4.39 Å². The lowest BCUT2D eigenvalue weighted by Crippen LogP contribution is -2.16. The van der Waals surface area contributed by atoms with E-state index in [-0.39, 0.29) is 5.82 Å². The van der Waals surface area contributed by atoms with E-state index in [9.17, 15) is 9.18 Å². The van der Waals surface area contributed by atoms with Gasteiger partial charge in [0.05, 0.1) is 10.2 Å². The number of fused-ring (bicyclic) bond motifs is 1. The molecule has 0 fully saturated rings. The zero-order valence-electron chi connectivity index (χ0n) is 13.5. The molecule has 2 heterocycles. The third kappa shape index (κ3) is 2.94. The minimum Gasteiger partial charge on any atom is -0.312 e. The van der Waals surface area contributed by atoms with Crippen LogP contribution < -0.4 is 4.80 Å². The Kier molecular flexibility index (Phi) is 4.44. The van der Waals surface area contributed by atoms with Crippen molar-refractivity contribution in [1.82, 2.24) is 14.3 Å². The summed E-state index contributed by atoms with van der Waals surface area (Å²) in [6, 6.07) is 6.25. The minimum atomic E-state index is -0.407. The van der Waals surface area contributed by atoms with Gasteiger partial charge in [-0.1, -0.05) is 17.4 Å². The molecule has 0 radical (unpaired) electrons. The molecule has 0 N–H and O–H groups in total. The van der Waals surface area contributed by atoms with Gasteiger partial charge in [0.15, 0.2) is 10.5 Å². The predicted octanol–water partition coefficient (Wildman–Crippen LogP) is 3.29. The number of benzene rings is 1. The van der Waals surface area contributed by atoms with Gasteiger partial charge in [-0.3, -0.25) is 9.48 Å². The maximum Gasteiger partial charge on any atom is 0.300 e. The first-order chi connectivity index (χ1) is 11.5. The Balaban J connectivity index is 2.12. The summed E-state index contributed by atoms with van der Waals surface area (Å²) in [6.07, 6.45) is 1.72. The molecule has 1 aromatic carbocycles. The summed E-state index contributed by atoms with van der Waals surface area (Å²) >= 11 is 1.27. The maximum atomic E-state index is 13.4. The van der Waals surface area contributed by atoms with Crippen molar-refractivity contribution in [3.05, 3.63) is 58.9 Å². The number of allylic oxidation sites excluding steroid dienone is 1. The second kappa shape index (κ2) is 6.52. The molecule has 7 heteroatoms. The number of amides is 1. The van der Waals surface area contributed by atoms with Crippen molar-refractivity contribution in [3.63, 3.8) is 0 Å². The summed E-state index contributed by atoms with van der Waals surface area (Å²) in [6.45, 7) is 8.77. The third-order valence-electron chi connectivity index (χ3n) is 3.65. The number of aromatic nitrogens is 3. The Morgan fingerprint density at radius 3 is 2.92 bits per heavy atom. The van der Waals surface area contributed by atoms with E-state index in [0.29, 0.717) is 23.6 Å². The van der Waals surface area contributed by atoms with Crippen LogP contribution in [0.3, 0.4) is 0 Å². The molecule has 0 saturated carbocycles. The lowest BCUT2D eigenvalue weighted by Gasteiger charge is -2.00. The Morgan fingerprint density at radius 1 is 1.46 bits per heavy atom. The summed E-state index contributed by atoms with van der Waals surface area (Å²) in [5.74, 6) is -0.722.